The van der Waals surface area contributed by atoms with Gasteiger partial charge in [0.1, 0.15) is 12.6 Å². The van der Waals surface area contributed by atoms with Gasteiger partial charge < -0.3 is 20.9 Å². The van der Waals surface area contributed by atoms with Crippen molar-refractivity contribution >= 4 is 22.9 Å². The molecule has 3 aromatic rings. The van der Waals surface area contributed by atoms with E-state index in [1.165, 1.54) is 6.33 Å². The van der Waals surface area contributed by atoms with E-state index < -0.39 is 0 Å². The Hall–Kier alpha value is -2.71. The number of aliphatic hydroxyl groups is 1. The lowest BCUT2D eigenvalue weighted by Gasteiger charge is -2.17. The van der Waals surface area contributed by atoms with Crippen LogP contribution in [0.5, 0.6) is 0 Å². The molecule has 2 unspecified atom stereocenters. The van der Waals surface area contributed by atoms with Gasteiger partial charge in [0, 0.05) is 6.54 Å². The second-order valence-electron chi connectivity index (χ2n) is 6.05. The molecule has 1 aromatic carbocycles. The van der Waals surface area contributed by atoms with Gasteiger partial charge in [0.05, 0.1) is 12.7 Å². The normalized spacial score (nSPS) is 20.2. The Kier molecular flexibility index (Phi) is 4.21. The summed E-state index contributed by atoms with van der Waals surface area (Å²) in [6, 6.07) is 10.1. The number of imidazole rings is 1. The van der Waals surface area contributed by atoms with Crippen molar-refractivity contribution in [2.75, 3.05) is 17.7 Å². The number of nitrogens with zero attached hydrogens (tertiary/aromatic N) is 4. The number of anilines is 2. The van der Waals surface area contributed by atoms with E-state index in [9.17, 15) is 5.11 Å². The first-order valence-corrected chi connectivity index (χ1v) is 8.29. The van der Waals surface area contributed by atoms with E-state index in [4.69, 9.17) is 10.5 Å². The zero-order chi connectivity index (χ0) is 17.2. The summed E-state index contributed by atoms with van der Waals surface area (Å²) in [4.78, 5) is 12.9. The molecule has 2 atom stereocenters. The van der Waals surface area contributed by atoms with E-state index in [0.29, 0.717) is 29.5 Å². The van der Waals surface area contributed by atoms with Gasteiger partial charge in [0.2, 0.25) is 5.95 Å². The summed E-state index contributed by atoms with van der Waals surface area (Å²) in [5.74, 6) is 0.970. The SMILES string of the molecule is Nc1ncnc2c1nc(NCc1ccccc1)n2C1CCC(CO)O1. The van der Waals surface area contributed by atoms with Gasteiger partial charge in [-0.1, -0.05) is 30.3 Å². The number of nitrogens with two attached hydrogens (primary N) is 1. The maximum Gasteiger partial charge on any atom is 0.207 e. The topological polar surface area (TPSA) is 111 Å². The lowest BCUT2D eigenvalue weighted by molar-refractivity contribution is -0.0197. The predicted octanol–water partition coefficient (Wildman–Crippen LogP) is 1.69. The van der Waals surface area contributed by atoms with Crippen molar-refractivity contribution in [3.8, 4) is 0 Å². The predicted molar refractivity (Wildman–Crippen MR) is 93.7 cm³/mol. The summed E-state index contributed by atoms with van der Waals surface area (Å²) in [5.41, 5.74) is 8.28. The van der Waals surface area contributed by atoms with Gasteiger partial charge in [-0.15, -0.1) is 0 Å². The summed E-state index contributed by atoms with van der Waals surface area (Å²) in [6.07, 6.45) is 2.59. The van der Waals surface area contributed by atoms with Crippen molar-refractivity contribution in [2.24, 2.45) is 0 Å². The smallest absolute Gasteiger partial charge is 0.207 e. The highest BCUT2D eigenvalue weighted by Gasteiger charge is 2.30. The molecule has 130 valence electrons. The number of nitrogens with one attached hydrogen (secondary N) is 1. The van der Waals surface area contributed by atoms with Crippen LogP contribution in [0, 0.1) is 0 Å². The van der Waals surface area contributed by atoms with Crippen molar-refractivity contribution in [1.82, 2.24) is 19.5 Å². The molecule has 0 radical (unpaired) electrons. The molecule has 1 aliphatic heterocycles. The third kappa shape index (κ3) is 3.01. The zero-order valence-corrected chi connectivity index (χ0v) is 13.7. The molecular formula is C17H20N6O2. The van der Waals surface area contributed by atoms with E-state index in [1.54, 1.807) is 0 Å². The Labute approximate surface area is 144 Å². The molecule has 1 aliphatic rings. The summed E-state index contributed by atoms with van der Waals surface area (Å²) in [5, 5.41) is 12.7. The van der Waals surface area contributed by atoms with Crippen LogP contribution in [0.2, 0.25) is 0 Å². The van der Waals surface area contributed by atoms with Gasteiger partial charge in [-0.25, -0.2) is 15.0 Å². The number of hydrogen-bond acceptors (Lipinski definition) is 7. The van der Waals surface area contributed by atoms with Crippen LogP contribution in [0.1, 0.15) is 24.6 Å². The van der Waals surface area contributed by atoms with Gasteiger partial charge >= 0.3 is 0 Å². The van der Waals surface area contributed by atoms with Gasteiger partial charge in [0.15, 0.2) is 17.0 Å². The summed E-state index contributed by atoms with van der Waals surface area (Å²) >= 11 is 0. The molecule has 2 aromatic heterocycles. The molecule has 25 heavy (non-hydrogen) atoms. The van der Waals surface area contributed by atoms with E-state index in [1.807, 2.05) is 34.9 Å². The summed E-state index contributed by atoms with van der Waals surface area (Å²) in [6.45, 7) is 0.626. The third-order valence-corrected chi connectivity index (χ3v) is 4.38. The van der Waals surface area contributed by atoms with Gasteiger partial charge in [-0.2, -0.15) is 0 Å². The minimum absolute atomic E-state index is 0.00697. The molecule has 1 saturated heterocycles. The standard InChI is InChI=1S/C17H20N6O2/c18-15-14-16(21-10-20-15)23(13-7-6-12(9-24)25-13)17(22-14)19-8-11-4-2-1-3-5-11/h1-5,10,12-13,24H,6-9H2,(H,19,22)(H2,18,20,21). The minimum Gasteiger partial charge on any atom is -0.394 e. The highest BCUT2D eigenvalue weighted by Crippen LogP contribution is 2.34. The number of aliphatic hydroxyl groups excluding tert-OH is 1. The fourth-order valence-corrected chi connectivity index (χ4v) is 3.11. The van der Waals surface area contributed by atoms with E-state index in [0.717, 1.165) is 18.4 Å². The number of nitrogen functional groups attached to an aromatic ring is 1. The molecule has 0 saturated carbocycles. The van der Waals surface area contributed by atoms with Crippen LogP contribution in [0.25, 0.3) is 11.2 Å². The number of hydrogen-bond donors (Lipinski definition) is 3. The monoisotopic (exact) mass is 340 g/mol. The quantitative estimate of drug-likeness (QED) is 0.648. The molecular weight excluding hydrogens is 320 g/mol. The van der Waals surface area contributed by atoms with Crippen LogP contribution in [-0.2, 0) is 11.3 Å². The molecule has 8 heteroatoms. The van der Waals surface area contributed by atoms with Crippen LogP contribution in [0.3, 0.4) is 0 Å². The minimum atomic E-state index is -0.241. The van der Waals surface area contributed by atoms with E-state index >= 15 is 0 Å². The molecule has 3 heterocycles. The Bertz CT molecular complexity index is 866. The fraction of sp³-hybridized carbons (Fsp3) is 0.353. The highest BCUT2D eigenvalue weighted by atomic mass is 16.5. The summed E-state index contributed by atoms with van der Waals surface area (Å²) < 4.78 is 7.84. The van der Waals surface area contributed by atoms with Gasteiger partial charge in [-0.05, 0) is 18.4 Å². The molecule has 0 aliphatic carbocycles. The number of aromatic nitrogens is 4. The van der Waals surface area contributed by atoms with Crippen LogP contribution >= 0.6 is 0 Å². The maximum atomic E-state index is 9.35. The first kappa shape index (κ1) is 15.8. The van der Waals surface area contributed by atoms with Crippen molar-refractivity contribution in [1.29, 1.82) is 0 Å². The lowest BCUT2D eigenvalue weighted by Crippen LogP contribution is -2.17. The highest BCUT2D eigenvalue weighted by molar-refractivity contribution is 5.84. The van der Waals surface area contributed by atoms with Crippen LogP contribution in [0.15, 0.2) is 36.7 Å². The molecule has 8 nitrogen and oxygen atoms in total. The van der Waals surface area contributed by atoms with E-state index in [2.05, 4.69) is 20.3 Å². The van der Waals surface area contributed by atoms with Crippen molar-refractivity contribution in [2.45, 2.75) is 31.7 Å². The van der Waals surface area contributed by atoms with Crippen molar-refractivity contribution in [3.05, 3.63) is 42.2 Å². The molecule has 1 fully saturated rings. The first-order chi connectivity index (χ1) is 12.3. The first-order valence-electron chi connectivity index (χ1n) is 8.29. The van der Waals surface area contributed by atoms with E-state index in [-0.39, 0.29) is 18.9 Å². The Morgan fingerprint density at radius 3 is 2.84 bits per heavy atom. The largest absolute Gasteiger partial charge is 0.394 e. The van der Waals surface area contributed by atoms with Crippen LogP contribution < -0.4 is 11.1 Å². The third-order valence-electron chi connectivity index (χ3n) is 4.38. The average Bonchev–Trinajstić information content (AvgIpc) is 3.25. The molecule has 0 spiro atoms. The second kappa shape index (κ2) is 6.66. The molecule has 4 rings (SSSR count). The lowest BCUT2D eigenvalue weighted by atomic mass is 10.2. The number of benzene rings is 1. The number of fused-ring (bicyclic) bond motifs is 1. The van der Waals surface area contributed by atoms with Crippen molar-refractivity contribution in [3.63, 3.8) is 0 Å². The summed E-state index contributed by atoms with van der Waals surface area (Å²) in [7, 11) is 0. The molecule has 4 N–H and O–H groups in total. The Balaban J connectivity index is 1.69. The number of ether oxygens (including phenoxy) is 1. The van der Waals surface area contributed by atoms with Gasteiger partial charge in [-0.3, -0.25) is 4.57 Å². The van der Waals surface area contributed by atoms with Crippen molar-refractivity contribution < 1.29 is 9.84 Å². The number of rotatable bonds is 5. The van der Waals surface area contributed by atoms with Crippen LogP contribution in [0.4, 0.5) is 11.8 Å². The maximum absolute atomic E-state index is 9.35. The average molecular weight is 340 g/mol. The Morgan fingerprint density at radius 1 is 1.24 bits per heavy atom. The van der Waals surface area contributed by atoms with Crippen LogP contribution in [-0.4, -0.2) is 37.3 Å². The fourth-order valence-electron chi connectivity index (χ4n) is 3.11. The molecule has 0 amide bonds. The second-order valence-corrected chi connectivity index (χ2v) is 6.05. The van der Waals surface area contributed by atoms with Gasteiger partial charge in [0.25, 0.3) is 0 Å². The molecule has 0 bridgehead atoms. The zero-order valence-electron chi connectivity index (χ0n) is 13.7. The Morgan fingerprint density at radius 2 is 2.08 bits per heavy atom.